The summed E-state index contributed by atoms with van der Waals surface area (Å²) in [7, 11) is 0. The first-order valence-corrected chi connectivity index (χ1v) is 5.56. The lowest BCUT2D eigenvalue weighted by Gasteiger charge is -2.14. The quantitative estimate of drug-likeness (QED) is 0.480. The number of carbonyl (C=O) groups excluding carboxylic acids is 1. The molecule has 0 bridgehead atoms. The Morgan fingerprint density at radius 1 is 1.47 bits per heavy atom. The normalized spacial score (nSPS) is 12.3. The first-order chi connectivity index (χ1) is 7.10. The van der Waals surface area contributed by atoms with E-state index in [4.69, 9.17) is 9.47 Å². The lowest BCUT2D eigenvalue weighted by atomic mass is 10.1. The summed E-state index contributed by atoms with van der Waals surface area (Å²) >= 11 is 0. The van der Waals surface area contributed by atoms with Crippen molar-refractivity contribution in [3.63, 3.8) is 0 Å². The van der Waals surface area contributed by atoms with Gasteiger partial charge in [0, 0.05) is 0 Å². The van der Waals surface area contributed by atoms with Crippen LogP contribution in [0.25, 0.3) is 0 Å². The Hall–Kier alpha value is -0.990. The van der Waals surface area contributed by atoms with Crippen LogP contribution < -0.4 is 0 Å². The molecule has 0 aliphatic heterocycles. The minimum absolute atomic E-state index is 0.218. The van der Waals surface area contributed by atoms with Crippen molar-refractivity contribution in [3.05, 3.63) is 12.7 Å². The Balaban J connectivity index is 3.75. The highest BCUT2D eigenvalue weighted by Gasteiger charge is 2.11. The molecule has 0 rings (SSSR count). The molecule has 0 saturated heterocycles. The van der Waals surface area contributed by atoms with E-state index >= 15 is 0 Å². The number of rotatable bonds is 7. The largest absolute Gasteiger partial charge is 0.508 e. The fourth-order valence-electron chi connectivity index (χ4n) is 1.02. The maximum Gasteiger partial charge on any atom is 0.508 e. The lowest BCUT2D eigenvalue weighted by molar-refractivity contribution is 0.0282. The molecule has 0 N–H and O–H groups in total. The predicted octanol–water partition coefficient (Wildman–Crippen LogP) is 3.54. The van der Waals surface area contributed by atoms with Crippen LogP contribution in [0.1, 0.15) is 40.0 Å². The van der Waals surface area contributed by atoms with E-state index in [0.717, 1.165) is 19.3 Å². The van der Waals surface area contributed by atoms with Gasteiger partial charge in [0.25, 0.3) is 0 Å². The molecule has 0 aromatic heterocycles. The zero-order valence-corrected chi connectivity index (χ0v) is 9.99. The Morgan fingerprint density at radius 3 is 2.60 bits per heavy atom. The van der Waals surface area contributed by atoms with Crippen LogP contribution in [0.5, 0.6) is 0 Å². The molecule has 1 unspecified atom stereocenters. The number of ether oxygens (including phenoxy) is 2. The topological polar surface area (TPSA) is 35.5 Å². The van der Waals surface area contributed by atoms with Gasteiger partial charge in [-0.25, -0.2) is 4.79 Å². The Bertz CT molecular complexity index is 187. The summed E-state index contributed by atoms with van der Waals surface area (Å²) in [5.41, 5.74) is 0. The molecule has 15 heavy (non-hydrogen) atoms. The molecule has 0 aliphatic carbocycles. The third-order valence-corrected chi connectivity index (χ3v) is 1.89. The van der Waals surface area contributed by atoms with Crippen molar-refractivity contribution in [2.45, 2.75) is 46.1 Å². The van der Waals surface area contributed by atoms with E-state index in [0.29, 0.717) is 12.5 Å². The van der Waals surface area contributed by atoms with Gasteiger partial charge in [0.1, 0.15) is 6.10 Å². The molecule has 0 radical (unpaired) electrons. The fourth-order valence-corrected chi connectivity index (χ4v) is 1.02. The second-order valence-electron chi connectivity index (χ2n) is 3.99. The van der Waals surface area contributed by atoms with Gasteiger partial charge in [-0.2, -0.15) is 0 Å². The van der Waals surface area contributed by atoms with Crippen LogP contribution >= 0.6 is 0 Å². The van der Waals surface area contributed by atoms with Gasteiger partial charge < -0.3 is 9.47 Å². The molecular formula is C12H22O3. The summed E-state index contributed by atoms with van der Waals surface area (Å²) in [6, 6.07) is 0. The molecule has 0 saturated carbocycles. The van der Waals surface area contributed by atoms with Gasteiger partial charge in [-0.15, -0.1) is 0 Å². The van der Waals surface area contributed by atoms with E-state index in [1.807, 2.05) is 13.8 Å². The fraction of sp³-hybridized carbons (Fsp3) is 0.750. The van der Waals surface area contributed by atoms with Crippen LogP contribution in [-0.4, -0.2) is 18.9 Å². The van der Waals surface area contributed by atoms with Gasteiger partial charge in [0.15, 0.2) is 0 Å². The average Bonchev–Trinajstić information content (AvgIpc) is 2.21. The highest BCUT2D eigenvalue weighted by Crippen LogP contribution is 2.07. The Kier molecular flexibility index (Phi) is 7.78. The van der Waals surface area contributed by atoms with E-state index in [1.54, 1.807) is 6.08 Å². The van der Waals surface area contributed by atoms with Gasteiger partial charge in [0.05, 0.1) is 6.61 Å². The van der Waals surface area contributed by atoms with Crippen molar-refractivity contribution in [1.82, 2.24) is 0 Å². The predicted molar refractivity (Wildman–Crippen MR) is 60.8 cm³/mol. The van der Waals surface area contributed by atoms with Gasteiger partial charge in [-0.1, -0.05) is 39.8 Å². The summed E-state index contributed by atoms with van der Waals surface area (Å²) in [6.07, 6.45) is 3.75. The zero-order chi connectivity index (χ0) is 11.7. The first-order valence-electron chi connectivity index (χ1n) is 5.56. The molecule has 0 aliphatic rings. The highest BCUT2D eigenvalue weighted by molar-refractivity contribution is 5.60. The molecule has 0 heterocycles. The molecular weight excluding hydrogens is 192 g/mol. The average molecular weight is 214 g/mol. The minimum atomic E-state index is -0.593. The second kappa shape index (κ2) is 8.33. The molecule has 0 aromatic carbocycles. The summed E-state index contributed by atoms with van der Waals surface area (Å²) in [4.78, 5) is 11.2. The van der Waals surface area contributed by atoms with Crippen LogP contribution in [0.15, 0.2) is 12.7 Å². The van der Waals surface area contributed by atoms with Gasteiger partial charge in [-0.05, 0) is 18.8 Å². The Labute approximate surface area is 92.5 Å². The van der Waals surface area contributed by atoms with Crippen molar-refractivity contribution in [2.24, 2.45) is 5.92 Å². The third kappa shape index (κ3) is 8.03. The van der Waals surface area contributed by atoms with Crippen LogP contribution in [0.2, 0.25) is 0 Å². The van der Waals surface area contributed by atoms with E-state index in [1.165, 1.54) is 0 Å². The molecule has 3 nitrogen and oxygen atoms in total. The molecule has 3 heteroatoms. The molecule has 1 atom stereocenters. The summed E-state index contributed by atoms with van der Waals surface area (Å²) < 4.78 is 9.98. The van der Waals surface area contributed by atoms with E-state index in [2.05, 4.69) is 13.5 Å². The van der Waals surface area contributed by atoms with Crippen molar-refractivity contribution in [1.29, 1.82) is 0 Å². The van der Waals surface area contributed by atoms with Crippen LogP contribution in [0.4, 0.5) is 4.79 Å². The molecule has 0 amide bonds. The highest BCUT2D eigenvalue weighted by atomic mass is 16.7. The minimum Gasteiger partial charge on any atom is -0.434 e. The molecule has 0 spiro atoms. The van der Waals surface area contributed by atoms with Crippen molar-refractivity contribution >= 4 is 6.16 Å². The standard InChI is InChI=1S/C12H22O3/c1-5-7-8-11(6-2)15-12(13)14-9-10(3)4/h6,10-11H,2,5,7-9H2,1,3-4H3. The van der Waals surface area contributed by atoms with Crippen LogP contribution in [-0.2, 0) is 9.47 Å². The van der Waals surface area contributed by atoms with Gasteiger partial charge in [-0.3, -0.25) is 0 Å². The second-order valence-corrected chi connectivity index (χ2v) is 3.99. The van der Waals surface area contributed by atoms with Crippen LogP contribution in [0, 0.1) is 5.92 Å². The monoisotopic (exact) mass is 214 g/mol. The SMILES string of the molecule is C=CC(CCCC)OC(=O)OCC(C)C. The van der Waals surface area contributed by atoms with Crippen molar-refractivity contribution < 1.29 is 14.3 Å². The number of hydrogen-bond acceptors (Lipinski definition) is 3. The van der Waals surface area contributed by atoms with Gasteiger partial charge >= 0.3 is 6.16 Å². The maximum absolute atomic E-state index is 11.2. The number of carbonyl (C=O) groups is 1. The third-order valence-electron chi connectivity index (χ3n) is 1.89. The van der Waals surface area contributed by atoms with Crippen molar-refractivity contribution in [3.8, 4) is 0 Å². The smallest absolute Gasteiger partial charge is 0.434 e. The number of hydrogen-bond donors (Lipinski definition) is 0. The lowest BCUT2D eigenvalue weighted by Crippen LogP contribution is -2.18. The summed E-state index contributed by atoms with van der Waals surface area (Å²) in [5.74, 6) is 0.329. The number of unbranched alkanes of at least 4 members (excludes halogenated alkanes) is 1. The van der Waals surface area contributed by atoms with Gasteiger partial charge in [0.2, 0.25) is 0 Å². The summed E-state index contributed by atoms with van der Waals surface area (Å²) in [5, 5.41) is 0. The first kappa shape index (κ1) is 14.0. The maximum atomic E-state index is 11.2. The van der Waals surface area contributed by atoms with E-state index in [9.17, 15) is 4.79 Å². The molecule has 0 aromatic rings. The summed E-state index contributed by atoms with van der Waals surface area (Å²) in [6.45, 7) is 10.1. The Morgan fingerprint density at radius 2 is 2.13 bits per heavy atom. The van der Waals surface area contributed by atoms with Crippen LogP contribution in [0.3, 0.4) is 0 Å². The van der Waals surface area contributed by atoms with Crippen molar-refractivity contribution in [2.75, 3.05) is 6.61 Å². The van der Waals surface area contributed by atoms with E-state index < -0.39 is 6.16 Å². The van der Waals surface area contributed by atoms with E-state index in [-0.39, 0.29) is 6.10 Å². The molecule has 88 valence electrons. The molecule has 0 fully saturated rings. The zero-order valence-electron chi connectivity index (χ0n) is 9.99.